The molecule has 16 heavy (non-hydrogen) atoms. The first-order chi connectivity index (χ1) is 7.88. The molecule has 2 nitrogen and oxygen atoms in total. The highest BCUT2D eigenvalue weighted by Gasteiger charge is 1.97. The van der Waals surface area contributed by atoms with Gasteiger partial charge in [-0.05, 0) is 17.2 Å². The van der Waals surface area contributed by atoms with Crippen molar-refractivity contribution < 1.29 is 0 Å². The second-order valence-electron chi connectivity index (χ2n) is 3.66. The first-order valence-electron chi connectivity index (χ1n) is 5.23. The van der Waals surface area contributed by atoms with Crippen LogP contribution in [-0.2, 0) is 12.8 Å². The second-order valence-corrected chi connectivity index (χ2v) is 3.66. The number of nitriles is 1. The van der Waals surface area contributed by atoms with E-state index in [-0.39, 0.29) is 0 Å². The number of benzene rings is 1. The van der Waals surface area contributed by atoms with Gasteiger partial charge in [-0.1, -0.05) is 36.4 Å². The maximum absolute atomic E-state index is 8.55. The Hall–Kier alpha value is -2.14. The predicted octanol–water partition coefficient (Wildman–Crippen LogP) is 2.74. The summed E-state index contributed by atoms with van der Waals surface area (Å²) in [6, 6.07) is 16.3. The molecule has 0 radical (unpaired) electrons. The van der Waals surface area contributed by atoms with Gasteiger partial charge in [0.1, 0.15) is 0 Å². The van der Waals surface area contributed by atoms with Crippen molar-refractivity contribution in [2.45, 2.75) is 12.8 Å². The minimum absolute atomic E-state index is 0.429. The molecule has 0 amide bonds. The van der Waals surface area contributed by atoms with Crippen LogP contribution < -0.4 is 0 Å². The van der Waals surface area contributed by atoms with Gasteiger partial charge in [0.15, 0.2) is 0 Å². The molecule has 0 atom stereocenters. The SMILES string of the molecule is N#CCc1ccc(Cc2ccccc2)nc1. The van der Waals surface area contributed by atoms with Gasteiger partial charge in [-0.25, -0.2) is 0 Å². The Bertz CT molecular complexity index is 480. The van der Waals surface area contributed by atoms with Crippen molar-refractivity contribution in [3.8, 4) is 6.07 Å². The lowest BCUT2D eigenvalue weighted by Crippen LogP contribution is -1.93. The second kappa shape index (κ2) is 5.09. The molecular weight excluding hydrogens is 196 g/mol. The number of rotatable bonds is 3. The zero-order chi connectivity index (χ0) is 11.2. The summed E-state index contributed by atoms with van der Waals surface area (Å²) in [6.07, 6.45) is 3.05. The maximum atomic E-state index is 8.55. The third-order valence-electron chi connectivity index (χ3n) is 2.40. The summed E-state index contributed by atoms with van der Waals surface area (Å²) in [5.41, 5.74) is 3.26. The highest BCUT2D eigenvalue weighted by molar-refractivity contribution is 5.24. The fourth-order valence-electron chi connectivity index (χ4n) is 1.56. The van der Waals surface area contributed by atoms with Crippen molar-refractivity contribution in [1.82, 2.24) is 4.98 Å². The summed E-state index contributed by atoms with van der Waals surface area (Å²) >= 11 is 0. The molecule has 0 aliphatic carbocycles. The van der Waals surface area contributed by atoms with Crippen LogP contribution in [0.15, 0.2) is 48.7 Å². The number of pyridine rings is 1. The molecule has 0 spiro atoms. The Morgan fingerprint density at radius 1 is 1.00 bits per heavy atom. The van der Waals surface area contributed by atoms with Gasteiger partial charge in [-0.2, -0.15) is 5.26 Å². The van der Waals surface area contributed by atoms with E-state index >= 15 is 0 Å². The van der Waals surface area contributed by atoms with Gasteiger partial charge in [0.2, 0.25) is 0 Å². The van der Waals surface area contributed by atoms with E-state index in [0.29, 0.717) is 6.42 Å². The lowest BCUT2D eigenvalue weighted by atomic mass is 10.1. The van der Waals surface area contributed by atoms with E-state index < -0.39 is 0 Å². The summed E-state index contributed by atoms with van der Waals surface area (Å²) in [5, 5.41) is 8.55. The lowest BCUT2D eigenvalue weighted by molar-refractivity contribution is 1.05. The first kappa shape index (κ1) is 10.4. The normalized spacial score (nSPS) is 9.69. The molecule has 0 aliphatic heterocycles. The van der Waals surface area contributed by atoms with E-state index in [1.807, 2.05) is 30.3 Å². The standard InChI is InChI=1S/C14H12N2/c15-9-8-13-6-7-14(16-11-13)10-12-4-2-1-3-5-12/h1-7,11H,8,10H2. The van der Waals surface area contributed by atoms with Gasteiger partial charge in [0, 0.05) is 18.3 Å². The van der Waals surface area contributed by atoms with Gasteiger partial charge in [-0.15, -0.1) is 0 Å². The van der Waals surface area contributed by atoms with Gasteiger partial charge in [0.25, 0.3) is 0 Å². The molecule has 0 saturated carbocycles. The Kier molecular flexibility index (Phi) is 3.30. The zero-order valence-corrected chi connectivity index (χ0v) is 8.93. The minimum Gasteiger partial charge on any atom is -0.261 e. The van der Waals surface area contributed by atoms with E-state index in [1.54, 1.807) is 6.20 Å². The number of hydrogen-bond donors (Lipinski definition) is 0. The van der Waals surface area contributed by atoms with E-state index in [1.165, 1.54) is 5.56 Å². The summed E-state index contributed by atoms with van der Waals surface area (Å²) in [6.45, 7) is 0. The molecule has 0 N–H and O–H groups in total. The summed E-state index contributed by atoms with van der Waals surface area (Å²) < 4.78 is 0. The Morgan fingerprint density at radius 2 is 1.81 bits per heavy atom. The minimum atomic E-state index is 0.429. The molecule has 0 unspecified atom stereocenters. The highest BCUT2D eigenvalue weighted by atomic mass is 14.7. The number of hydrogen-bond acceptors (Lipinski definition) is 2. The van der Waals surface area contributed by atoms with Crippen molar-refractivity contribution in [3.63, 3.8) is 0 Å². The Labute approximate surface area is 95.2 Å². The van der Waals surface area contributed by atoms with Crippen LogP contribution in [-0.4, -0.2) is 4.98 Å². The number of aromatic nitrogens is 1. The van der Waals surface area contributed by atoms with E-state index in [2.05, 4.69) is 23.2 Å². The van der Waals surface area contributed by atoms with Crippen molar-refractivity contribution in [1.29, 1.82) is 5.26 Å². The molecule has 1 aromatic carbocycles. The molecule has 0 bridgehead atoms. The average Bonchev–Trinajstić information content (AvgIpc) is 2.33. The fourth-order valence-corrected chi connectivity index (χ4v) is 1.56. The van der Waals surface area contributed by atoms with Gasteiger partial charge < -0.3 is 0 Å². The Morgan fingerprint density at radius 3 is 2.44 bits per heavy atom. The molecule has 0 fully saturated rings. The molecule has 1 aromatic heterocycles. The smallest absolute Gasteiger partial charge is 0.0670 e. The molecular formula is C14H12N2. The lowest BCUT2D eigenvalue weighted by Gasteiger charge is -2.01. The van der Waals surface area contributed by atoms with E-state index in [0.717, 1.165) is 17.7 Å². The molecule has 2 rings (SSSR count). The van der Waals surface area contributed by atoms with Gasteiger partial charge in [-0.3, -0.25) is 4.98 Å². The van der Waals surface area contributed by atoms with Crippen LogP contribution in [0.25, 0.3) is 0 Å². The fraction of sp³-hybridized carbons (Fsp3) is 0.143. The maximum Gasteiger partial charge on any atom is 0.0670 e. The summed E-state index contributed by atoms with van der Waals surface area (Å²) in [5.74, 6) is 0. The zero-order valence-electron chi connectivity index (χ0n) is 8.93. The predicted molar refractivity (Wildman–Crippen MR) is 62.8 cm³/mol. The van der Waals surface area contributed by atoms with E-state index in [4.69, 9.17) is 5.26 Å². The summed E-state index contributed by atoms with van der Waals surface area (Å²) in [4.78, 5) is 4.34. The molecule has 2 heteroatoms. The average molecular weight is 208 g/mol. The van der Waals surface area contributed by atoms with Gasteiger partial charge in [0.05, 0.1) is 12.5 Å². The first-order valence-corrected chi connectivity index (χ1v) is 5.23. The molecule has 2 aromatic rings. The third-order valence-corrected chi connectivity index (χ3v) is 2.40. The van der Waals surface area contributed by atoms with Crippen LogP contribution in [0.1, 0.15) is 16.8 Å². The monoisotopic (exact) mass is 208 g/mol. The number of nitrogens with zero attached hydrogens (tertiary/aromatic N) is 2. The van der Waals surface area contributed by atoms with Crippen molar-refractivity contribution in [2.75, 3.05) is 0 Å². The molecule has 78 valence electrons. The molecule has 0 aliphatic rings. The topological polar surface area (TPSA) is 36.7 Å². The van der Waals surface area contributed by atoms with Crippen LogP contribution in [0, 0.1) is 11.3 Å². The van der Waals surface area contributed by atoms with Crippen LogP contribution in [0.3, 0.4) is 0 Å². The van der Waals surface area contributed by atoms with Crippen LogP contribution in [0.4, 0.5) is 0 Å². The molecule has 1 heterocycles. The van der Waals surface area contributed by atoms with Crippen LogP contribution in [0.2, 0.25) is 0 Å². The van der Waals surface area contributed by atoms with Gasteiger partial charge >= 0.3 is 0 Å². The Balaban J connectivity index is 2.09. The third kappa shape index (κ3) is 2.68. The largest absolute Gasteiger partial charge is 0.261 e. The van der Waals surface area contributed by atoms with E-state index in [9.17, 15) is 0 Å². The van der Waals surface area contributed by atoms with Crippen LogP contribution in [0.5, 0.6) is 0 Å². The molecule has 0 saturated heterocycles. The quantitative estimate of drug-likeness (QED) is 0.777. The van der Waals surface area contributed by atoms with Crippen molar-refractivity contribution in [2.24, 2.45) is 0 Å². The highest BCUT2D eigenvalue weighted by Crippen LogP contribution is 2.07. The van der Waals surface area contributed by atoms with Crippen molar-refractivity contribution in [3.05, 3.63) is 65.5 Å². The summed E-state index contributed by atoms with van der Waals surface area (Å²) in [7, 11) is 0. The van der Waals surface area contributed by atoms with Crippen molar-refractivity contribution >= 4 is 0 Å². The van der Waals surface area contributed by atoms with Crippen LogP contribution >= 0.6 is 0 Å².